The van der Waals surface area contributed by atoms with E-state index >= 15 is 0 Å². The van der Waals surface area contributed by atoms with Gasteiger partial charge >= 0.3 is 0 Å². The Balaban J connectivity index is 1.62. The molecular weight excluding hydrogens is 380 g/mol. The van der Waals surface area contributed by atoms with Crippen LogP contribution in [0.1, 0.15) is 99.8 Å². The maximum atomic E-state index is 13.5. The maximum absolute atomic E-state index is 13.5. The summed E-state index contributed by atoms with van der Waals surface area (Å²) in [5, 5.41) is 0. The molecule has 0 unspecified atom stereocenters. The van der Waals surface area contributed by atoms with Crippen molar-refractivity contribution in [1.82, 2.24) is 0 Å². The highest BCUT2D eigenvalue weighted by molar-refractivity contribution is 5.89. The van der Waals surface area contributed by atoms with Gasteiger partial charge in [-0.2, -0.15) is 0 Å². The van der Waals surface area contributed by atoms with Gasteiger partial charge in [0.1, 0.15) is 11.6 Å². The molecule has 0 N–H and O–H groups in total. The smallest absolute Gasteiger partial charge is 0.142 e. The zero-order chi connectivity index (χ0) is 22.8. The molecule has 4 aliphatic rings. The van der Waals surface area contributed by atoms with Crippen LogP contribution >= 0.6 is 0 Å². The lowest BCUT2D eigenvalue weighted by Gasteiger charge is -2.59. The minimum Gasteiger partial charge on any atom is -0.299 e. The Bertz CT molecular complexity index is 826. The molecule has 0 aromatic carbocycles. The average molecular weight is 425 g/mol. The van der Waals surface area contributed by atoms with Crippen LogP contribution in [0.5, 0.6) is 0 Å². The number of carbonyl (C=O) groups excluding carboxylic acids is 2. The fraction of sp³-hybridized carbons (Fsp3) is 0.793. The van der Waals surface area contributed by atoms with Crippen molar-refractivity contribution >= 4 is 11.6 Å². The SMILES string of the molecule is CC(C)=CCC[C@@H](C)[C@H]1CC(=O)[C@H]2[C@@H]3CC=C4C(C)(C)C(=O)CC[C@]4(C)[C@H]3CC[C@]12C. The molecule has 0 radical (unpaired) electrons. The topological polar surface area (TPSA) is 34.1 Å². The third-order valence-corrected chi connectivity index (χ3v) is 10.4. The van der Waals surface area contributed by atoms with Gasteiger partial charge in [0.15, 0.2) is 0 Å². The molecule has 0 bridgehead atoms. The van der Waals surface area contributed by atoms with Crippen LogP contribution in [-0.2, 0) is 9.59 Å². The van der Waals surface area contributed by atoms with Crippen LogP contribution in [0.25, 0.3) is 0 Å². The fourth-order valence-corrected chi connectivity index (χ4v) is 8.75. The van der Waals surface area contributed by atoms with E-state index in [1.54, 1.807) is 0 Å². The van der Waals surface area contributed by atoms with Gasteiger partial charge in [0.2, 0.25) is 0 Å². The van der Waals surface area contributed by atoms with Crippen molar-refractivity contribution < 1.29 is 9.59 Å². The molecular formula is C29H44O2. The molecule has 0 aliphatic heterocycles. The lowest BCUT2D eigenvalue weighted by Crippen LogP contribution is -2.54. The molecule has 4 aliphatic carbocycles. The zero-order valence-corrected chi connectivity index (χ0v) is 21.0. The molecule has 172 valence electrons. The van der Waals surface area contributed by atoms with Gasteiger partial charge < -0.3 is 0 Å². The number of hydrogen-bond donors (Lipinski definition) is 0. The van der Waals surface area contributed by atoms with Crippen LogP contribution in [0.4, 0.5) is 0 Å². The first-order valence-corrected chi connectivity index (χ1v) is 12.8. The average Bonchev–Trinajstić information content (AvgIpc) is 2.96. The third-order valence-electron chi connectivity index (χ3n) is 10.4. The number of rotatable bonds is 4. The standard InChI is InChI=1S/C29H44O2/c1-18(2)9-8-10-19(3)22-17-23(30)26-20-11-12-24-27(4,5)25(31)14-16-28(24,6)21(20)13-15-29(22,26)7/h9,12,19-22,26H,8,10-11,13-17H2,1-7H3/t19-,20-,21+,22-,26-,28-,29-/m1/s1. The first kappa shape index (κ1) is 23.0. The molecule has 0 amide bonds. The van der Waals surface area contributed by atoms with E-state index in [2.05, 4.69) is 60.6 Å². The minimum absolute atomic E-state index is 0.0923. The summed E-state index contributed by atoms with van der Waals surface area (Å²) in [4.78, 5) is 26.2. The van der Waals surface area contributed by atoms with Gasteiger partial charge in [-0.15, -0.1) is 0 Å². The molecule has 3 fully saturated rings. The Morgan fingerprint density at radius 1 is 1.16 bits per heavy atom. The summed E-state index contributed by atoms with van der Waals surface area (Å²) in [7, 11) is 0. The highest BCUT2D eigenvalue weighted by Crippen LogP contribution is 2.67. The Hall–Kier alpha value is -1.18. The van der Waals surface area contributed by atoms with Crippen LogP contribution in [-0.4, -0.2) is 11.6 Å². The van der Waals surface area contributed by atoms with E-state index in [9.17, 15) is 9.59 Å². The first-order chi connectivity index (χ1) is 14.4. The van der Waals surface area contributed by atoms with Gasteiger partial charge in [0.05, 0.1) is 0 Å². The summed E-state index contributed by atoms with van der Waals surface area (Å²) >= 11 is 0. The minimum atomic E-state index is -0.333. The highest BCUT2D eigenvalue weighted by Gasteiger charge is 2.63. The Labute approximate surface area is 190 Å². The van der Waals surface area contributed by atoms with Gasteiger partial charge in [-0.25, -0.2) is 0 Å². The summed E-state index contributed by atoms with van der Waals surface area (Å²) in [5.74, 6) is 3.32. The van der Waals surface area contributed by atoms with E-state index in [4.69, 9.17) is 0 Å². The monoisotopic (exact) mass is 424 g/mol. The number of allylic oxidation sites excluding steroid dienone is 4. The quantitative estimate of drug-likeness (QED) is 0.443. The Morgan fingerprint density at radius 2 is 1.87 bits per heavy atom. The van der Waals surface area contributed by atoms with Crippen molar-refractivity contribution in [3.8, 4) is 0 Å². The third kappa shape index (κ3) is 3.42. The second kappa shape index (κ2) is 7.70. The van der Waals surface area contributed by atoms with Crippen molar-refractivity contribution in [2.24, 2.45) is 45.8 Å². The molecule has 4 rings (SSSR count). The summed E-state index contributed by atoms with van der Waals surface area (Å²) in [6, 6.07) is 0. The Kier molecular flexibility index (Phi) is 5.71. The van der Waals surface area contributed by atoms with Gasteiger partial charge in [-0.1, -0.05) is 44.1 Å². The number of Topliss-reactive ketones (excluding diaryl/α,β-unsaturated/α-hetero) is 2. The van der Waals surface area contributed by atoms with Crippen molar-refractivity contribution in [3.63, 3.8) is 0 Å². The zero-order valence-electron chi connectivity index (χ0n) is 21.0. The van der Waals surface area contributed by atoms with Crippen molar-refractivity contribution in [2.45, 2.75) is 99.8 Å². The van der Waals surface area contributed by atoms with E-state index in [0.29, 0.717) is 41.7 Å². The van der Waals surface area contributed by atoms with Gasteiger partial charge in [0.25, 0.3) is 0 Å². The summed E-state index contributed by atoms with van der Waals surface area (Å²) < 4.78 is 0. The molecule has 7 atom stereocenters. The molecule has 2 heteroatoms. The number of ketones is 2. The summed E-state index contributed by atoms with van der Waals surface area (Å²) in [5.41, 5.74) is 2.70. The molecule has 2 nitrogen and oxygen atoms in total. The second-order valence-electron chi connectivity index (χ2n) is 12.7. The van der Waals surface area contributed by atoms with Crippen LogP contribution in [0.15, 0.2) is 23.3 Å². The molecule has 0 aromatic heterocycles. The number of fused-ring (bicyclic) bond motifs is 5. The molecule has 0 saturated heterocycles. The lowest BCUT2D eigenvalue weighted by molar-refractivity contribution is -0.136. The molecule has 0 spiro atoms. The van der Waals surface area contributed by atoms with E-state index < -0.39 is 0 Å². The van der Waals surface area contributed by atoms with Crippen molar-refractivity contribution in [1.29, 1.82) is 0 Å². The predicted octanol–water partition coefficient (Wildman–Crippen LogP) is 7.33. The normalized spacial score (nSPS) is 42.2. The Morgan fingerprint density at radius 3 is 2.55 bits per heavy atom. The summed E-state index contributed by atoms with van der Waals surface area (Å²) in [6.45, 7) is 15.9. The molecule has 0 aromatic rings. The van der Waals surface area contributed by atoms with E-state index in [0.717, 1.165) is 25.7 Å². The number of carbonyl (C=O) groups is 2. The van der Waals surface area contributed by atoms with E-state index in [1.165, 1.54) is 30.4 Å². The van der Waals surface area contributed by atoms with Crippen molar-refractivity contribution in [3.05, 3.63) is 23.3 Å². The molecule has 3 saturated carbocycles. The van der Waals surface area contributed by atoms with E-state index in [-0.39, 0.29) is 22.2 Å². The summed E-state index contributed by atoms with van der Waals surface area (Å²) in [6.07, 6.45) is 12.9. The largest absolute Gasteiger partial charge is 0.299 e. The molecule has 31 heavy (non-hydrogen) atoms. The fourth-order valence-electron chi connectivity index (χ4n) is 8.75. The second-order valence-corrected chi connectivity index (χ2v) is 12.7. The molecule has 0 heterocycles. The lowest BCUT2D eigenvalue weighted by atomic mass is 9.44. The predicted molar refractivity (Wildman–Crippen MR) is 128 cm³/mol. The maximum Gasteiger partial charge on any atom is 0.142 e. The van der Waals surface area contributed by atoms with Crippen LogP contribution < -0.4 is 0 Å². The van der Waals surface area contributed by atoms with Crippen LogP contribution in [0.3, 0.4) is 0 Å². The first-order valence-electron chi connectivity index (χ1n) is 12.8. The van der Waals surface area contributed by atoms with E-state index in [1.807, 2.05) is 0 Å². The van der Waals surface area contributed by atoms with Gasteiger partial charge in [-0.05, 0) is 101 Å². The number of hydrogen-bond acceptors (Lipinski definition) is 2. The van der Waals surface area contributed by atoms with Crippen LogP contribution in [0, 0.1) is 45.8 Å². The van der Waals surface area contributed by atoms with Gasteiger partial charge in [-0.3, -0.25) is 9.59 Å². The van der Waals surface area contributed by atoms with Gasteiger partial charge in [0, 0.05) is 24.2 Å². The van der Waals surface area contributed by atoms with Crippen molar-refractivity contribution in [2.75, 3.05) is 0 Å². The van der Waals surface area contributed by atoms with Crippen LogP contribution in [0.2, 0.25) is 0 Å². The highest BCUT2D eigenvalue weighted by atomic mass is 16.1.